The first-order chi connectivity index (χ1) is 12.6. The summed E-state index contributed by atoms with van der Waals surface area (Å²) in [6.45, 7) is 6.01. The van der Waals surface area contributed by atoms with E-state index in [2.05, 4.69) is 20.9 Å². The monoisotopic (exact) mass is 362 g/mol. The third-order valence-corrected chi connectivity index (χ3v) is 3.77. The number of methoxy groups -OCH3 is 1. The molecule has 1 amide bonds. The van der Waals surface area contributed by atoms with Crippen LogP contribution in [0, 0.1) is 0 Å². The van der Waals surface area contributed by atoms with Crippen LogP contribution in [0.25, 0.3) is 0 Å². The minimum Gasteiger partial charge on any atom is -0.484 e. The van der Waals surface area contributed by atoms with Crippen LogP contribution in [-0.2, 0) is 16.1 Å². The Bertz CT molecular complexity index is 602. The van der Waals surface area contributed by atoms with E-state index >= 15 is 0 Å². The van der Waals surface area contributed by atoms with Gasteiger partial charge in [0.15, 0.2) is 12.6 Å². The van der Waals surface area contributed by atoms with Crippen LogP contribution in [0.3, 0.4) is 0 Å². The molecule has 2 rings (SSSR count). The van der Waals surface area contributed by atoms with Crippen LogP contribution < -0.4 is 20.7 Å². The largest absolute Gasteiger partial charge is 0.484 e. The molecule has 1 saturated carbocycles. The van der Waals surface area contributed by atoms with E-state index in [-0.39, 0.29) is 18.6 Å². The molecule has 1 aromatic carbocycles. The predicted octanol–water partition coefficient (Wildman–Crippen LogP) is 1.43. The quantitative estimate of drug-likeness (QED) is 0.433. The number of nitrogens with zero attached hydrogens (tertiary/aromatic N) is 1. The molecule has 7 heteroatoms. The molecule has 1 unspecified atom stereocenters. The number of hydrogen-bond acceptors (Lipinski definition) is 4. The zero-order chi connectivity index (χ0) is 18.8. The van der Waals surface area contributed by atoms with E-state index in [0.717, 1.165) is 30.9 Å². The van der Waals surface area contributed by atoms with Crippen molar-refractivity contribution in [3.8, 4) is 5.75 Å². The van der Waals surface area contributed by atoms with Gasteiger partial charge in [0.1, 0.15) is 5.75 Å². The molecule has 0 spiro atoms. The molecule has 1 aromatic rings. The molecule has 3 N–H and O–H groups in total. The van der Waals surface area contributed by atoms with E-state index in [4.69, 9.17) is 9.47 Å². The Morgan fingerprint density at radius 3 is 2.88 bits per heavy atom. The first-order valence-corrected chi connectivity index (χ1v) is 9.15. The van der Waals surface area contributed by atoms with Gasteiger partial charge in [-0.2, -0.15) is 0 Å². The topological polar surface area (TPSA) is 84.0 Å². The van der Waals surface area contributed by atoms with Gasteiger partial charge < -0.3 is 25.4 Å². The molecule has 26 heavy (non-hydrogen) atoms. The van der Waals surface area contributed by atoms with Gasteiger partial charge in [-0.3, -0.25) is 4.79 Å². The second-order valence-corrected chi connectivity index (χ2v) is 6.47. The molecule has 0 heterocycles. The average molecular weight is 362 g/mol. The Kier molecular flexibility index (Phi) is 8.21. The fraction of sp³-hybridized carbons (Fsp3) is 0.579. The van der Waals surface area contributed by atoms with Crippen LogP contribution in [0.1, 0.15) is 32.3 Å². The zero-order valence-corrected chi connectivity index (χ0v) is 15.9. The number of carbonyl (C=O) groups is 1. The summed E-state index contributed by atoms with van der Waals surface area (Å²) < 4.78 is 10.7. The van der Waals surface area contributed by atoms with Gasteiger partial charge in [0, 0.05) is 25.7 Å². The molecular formula is C19H30N4O3. The highest BCUT2D eigenvalue weighted by Gasteiger charge is 2.23. The van der Waals surface area contributed by atoms with Crippen LogP contribution >= 0.6 is 0 Å². The van der Waals surface area contributed by atoms with Gasteiger partial charge in [-0.05, 0) is 44.4 Å². The molecule has 1 aliphatic carbocycles. The summed E-state index contributed by atoms with van der Waals surface area (Å²) >= 11 is 0. The molecule has 1 fully saturated rings. The molecule has 0 aromatic heterocycles. The fourth-order valence-corrected chi connectivity index (χ4v) is 2.39. The number of nitrogens with one attached hydrogen (secondary N) is 3. The van der Waals surface area contributed by atoms with Crippen molar-refractivity contribution in [1.82, 2.24) is 16.0 Å². The zero-order valence-electron chi connectivity index (χ0n) is 15.9. The lowest BCUT2D eigenvalue weighted by Gasteiger charge is -2.17. The standard InChI is InChI=1S/C19H30N4O3/c1-4-20-19(22-14(2)12-25-3)21-11-15-6-5-7-17(10-15)26-13-18(24)23-16-8-9-16/h5-7,10,14,16H,4,8-9,11-13H2,1-3H3,(H,23,24)(H2,20,21,22). The van der Waals surface area contributed by atoms with E-state index in [0.29, 0.717) is 24.9 Å². The molecule has 1 atom stereocenters. The number of aliphatic imine (C=N–C) groups is 1. The summed E-state index contributed by atoms with van der Waals surface area (Å²) in [6.07, 6.45) is 2.15. The summed E-state index contributed by atoms with van der Waals surface area (Å²) in [5.74, 6) is 1.35. The number of amides is 1. The number of carbonyl (C=O) groups excluding carboxylic acids is 1. The summed E-state index contributed by atoms with van der Waals surface area (Å²) in [5.41, 5.74) is 1.02. The maximum Gasteiger partial charge on any atom is 0.258 e. The molecule has 1 aliphatic rings. The smallest absolute Gasteiger partial charge is 0.258 e. The lowest BCUT2D eigenvalue weighted by molar-refractivity contribution is -0.123. The molecule has 0 bridgehead atoms. The van der Waals surface area contributed by atoms with E-state index in [1.165, 1.54) is 0 Å². The first kappa shape index (κ1) is 20.0. The minimum absolute atomic E-state index is 0.0436. The van der Waals surface area contributed by atoms with Crippen molar-refractivity contribution in [3.05, 3.63) is 29.8 Å². The second kappa shape index (κ2) is 10.7. The summed E-state index contributed by atoms with van der Waals surface area (Å²) in [5, 5.41) is 9.43. The van der Waals surface area contributed by atoms with Crippen molar-refractivity contribution in [1.29, 1.82) is 0 Å². The van der Waals surface area contributed by atoms with Crippen LogP contribution in [0.2, 0.25) is 0 Å². The first-order valence-electron chi connectivity index (χ1n) is 9.15. The van der Waals surface area contributed by atoms with Gasteiger partial charge in [0.05, 0.1) is 13.2 Å². The summed E-state index contributed by atoms with van der Waals surface area (Å²) in [6, 6.07) is 8.18. The van der Waals surface area contributed by atoms with Gasteiger partial charge in [-0.15, -0.1) is 0 Å². The van der Waals surface area contributed by atoms with Gasteiger partial charge in [0.2, 0.25) is 0 Å². The van der Waals surface area contributed by atoms with Crippen molar-refractivity contribution in [2.75, 3.05) is 26.9 Å². The number of rotatable bonds is 10. The van der Waals surface area contributed by atoms with Crippen molar-refractivity contribution in [2.45, 2.75) is 45.3 Å². The van der Waals surface area contributed by atoms with E-state index < -0.39 is 0 Å². The van der Waals surface area contributed by atoms with Crippen molar-refractivity contribution in [3.63, 3.8) is 0 Å². The van der Waals surface area contributed by atoms with Crippen molar-refractivity contribution < 1.29 is 14.3 Å². The molecule has 7 nitrogen and oxygen atoms in total. The van der Waals surface area contributed by atoms with Gasteiger partial charge in [0.25, 0.3) is 5.91 Å². The highest BCUT2D eigenvalue weighted by atomic mass is 16.5. The lowest BCUT2D eigenvalue weighted by Crippen LogP contribution is -2.43. The normalized spacial score (nSPS) is 15.3. The van der Waals surface area contributed by atoms with Crippen molar-refractivity contribution in [2.24, 2.45) is 4.99 Å². The third-order valence-electron chi connectivity index (χ3n) is 3.77. The Balaban J connectivity index is 1.87. The SMILES string of the molecule is CCNC(=NCc1cccc(OCC(=O)NC2CC2)c1)NC(C)COC. The van der Waals surface area contributed by atoms with E-state index in [9.17, 15) is 4.79 Å². The highest BCUT2D eigenvalue weighted by molar-refractivity contribution is 5.80. The van der Waals surface area contributed by atoms with Crippen LogP contribution in [-0.4, -0.2) is 50.8 Å². The maximum atomic E-state index is 11.7. The number of guanidine groups is 1. The molecular weight excluding hydrogens is 332 g/mol. The van der Waals surface area contributed by atoms with E-state index in [1.54, 1.807) is 7.11 Å². The average Bonchev–Trinajstić information content (AvgIpc) is 3.43. The predicted molar refractivity (Wildman–Crippen MR) is 102 cm³/mol. The minimum atomic E-state index is -0.0679. The molecule has 0 saturated heterocycles. The summed E-state index contributed by atoms with van der Waals surface area (Å²) in [4.78, 5) is 16.3. The Labute approximate surface area is 155 Å². The third kappa shape index (κ3) is 7.74. The molecule has 0 aliphatic heterocycles. The Morgan fingerprint density at radius 1 is 1.38 bits per heavy atom. The van der Waals surface area contributed by atoms with Gasteiger partial charge >= 0.3 is 0 Å². The number of hydrogen-bond donors (Lipinski definition) is 3. The highest BCUT2D eigenvalue weighted by Crippen LogP contribution is 2.18. The summed E-state index contributed by atoms with van der Waals surface area (Å²) in [7, 11) is 1.68. The number of benzene rings is 1. The maximum absolute atomic E-state index is 11.7. The second-order valence-electron chi connectivity index (χ2n) is 6.47. The fourth-order valence-electron chi connectivity index (χ4n) is 2.39. The molecule has 0 radical (unpaired) electrons. The lowest BCUT2D eigenvalue weighted by atomic mass is 10.2. The van der Waals surface area contributed by atoms with Crippen LogP contribution in [0.15, 0.2) is 29.3 Å². The van der Waals surface area contributed by atoms with Crippen molar-refractivity contribution >= 4 is 11.9 Å². The van der Waals surface area contributed by atoms with Crippen LogP contribution in [0.5, 0.6) is 5.75 Å². The van der Waals surface area contributed by atoms with Gasteiger partial charge in [-0.25, -0.2) is 4.99 Å². The molecule has 144 valence electrons. The number of ether oxygens (including phenoxy) is 2. The van der Waals surface area contributed by atoms with Crippen LogP contribution in [0.4, 0.5) is 0 Å². The van der Waals surface area contributed by atoms with E-state index in [1.807, 2.05) is 38.1 Å². The Hall–Kier alpha value is -2.28. The van der Waals surface area contributed by atoms with Gasteiger partial charge in [-0.1, -0.05) is 12.1 Å². The Morgan fingerprint density at radius 2 is 2.19 bits per heavy atom.